The number of rotatable bonds is 1. The van der Waals surface area contributed by atoms with Crippen LogP contribution in [0.5, 0.6) is 0 Å². The van der Waals surface area contributed by atoms with Crippen molar-refractivity contribution < 1.29 is 9.09 Å². The van der Waals surface area contributed by atoms with Crippen molar-refractivity contribution in [3.05, 3.63) is 40.1 Å². The standard InChI is InChI=1S/C17H23Br2O2P/c1-15(2,3)14-13(18)17(19,16(4,5)6)21-22(14,20)12-10-8-7-9-11-12/h7-11H,1-6H3/t17-,22+/m0/s1. The van der Waals surface area contributed by atoms with Crippen molar-refractivity contribution in [3.8, 4) is 0 Å². The van der Waals surface area contributed by atoms with Gasteiger partial charge in [0.1, 0.15) is 0 Å². The Hall–Kier alpha value is 0.110. The van der Waals surface area contributed by atoms with Crippen molar-refractivity contribution in [2.24, 2.45) is 10.8 Å². The van der Waals surface area contributed by atoms with Gasteiger partial charge in [-0.15, -0.1) is 0 Å². The number of benzene rings is 1. The second-order valence-corrected chi connectivity index (χ2v) is 11.9. The van der Waals surface area contributed by atoms with Crippen molar-refractivity contribution in [3.63, 3.8) is 0 Å². The molecule has 2 nitrogen and oxygen atoms in total. The predicted molar refractivity (Wildman–Crippen MR) is 101 cm³/mol. The number of alkyl halides is 1. The summed E-state index contributed by atoms with van der Waals surface area (Å²) >= 11 is 7.45. The van der Waals surface area contributed by atoms with E-state index in [1.54, 1.807) is 0 Å². The number of allylic oxidation sites excluding steroid dienone is 1. The molecule has 0 spiro atoms. The maximum absolute atomic E-state index is 13.9. The molecule has 0 fully saturated rings. The predicted octanol–water partition coefficient (Wildman–Crippen LogP) is 6.41. The van der Waals surface area contributed by atoms with E-state index >= 15 is 0 Å². The lowest BCUT2D eigenvalue weighted by molar-refractivity contribution is 0.115. The van der Waals surface area contributed by atoms with Crippen LogP contribution in [0.2, 0.25) is 0 Å². The van der Waals surface area contributed by atoms with Crippen LogP contribution in [0, 0.1) is 10.8 Å². The topological polar surface area (TPSA) is 26.3 Å². The van der Waals surface area contributed by atoms with Crippen LogP contribution in [0.1, 0.15) is 41.5 Å². The van der Waals surface area contributed by atoms with Crippen molar-refractivity contribution in [1.82, 2.24) is 0 Å². The van der Waals surface area contributed by atoms with Gasteiger partial charge in [0.2, 0.25) is 0 Å². The molecule has 1 aromatic rings. The van der Waals surface area contributed by atoms with E-state index in [4.69, 9.17) is 4.52 Å². The molecule has 1 aromatic carbocycles. The summed E-state index contributed by atoms with van der Waals surface area (Å²) in [6, 6.07) is 9.49. The van der Waals surface area contributed by atoms with Gasteiger partial charge in [-0.3, -0.25) is 9.09 Å². The third-order valence-electron chi connectivity index (χ3n) is 3.81. The Morgan fingerprint density at radius 2 is 1.55 bits per heavy atom. The second kappa shape index (κ2) is 5.58. The van der Waals surface area contributed by atoms with E-state index < -0.39 is 11.9 Å². The zero-order valence-corrected chi connectivity index (χ0v) is 18.0. The number of halogens is 2. The van der Waals surface area contributed by atoms with Crippen molar-refractivity contribution in [1.29, 1.82) is 0 Å². The average molecular weight is 450 g/mol. The van der Waals surface area contributed by atoms with Crippen molar-refractivity contribution >= 4 is 44.5 Å². The minimum atomic E-state index is -3.14. The van der Waals surface area contributed by atoms with Crippen LogP contribution in [0.25, 0.3) is 0 Å². The summed E-state index contributed by atoms with van der Waals surface area (Å²) in [5.41, 5.74) is -0.533. The molecule has 5 heteroatoms. The molecule has 1 heterocycles. The van der Waals surface area contributed by atoms with Crippen molar-refractivity contribution in [2.75, 3.05) is 0 Å². The summed E-state index contributed by atoms with van der Waals surface area (Å²) < 4.78 is 20.3. The van der Waals surface area contributed by atoms with Gasteiger partial charge in [-0.2, -0.15) is 0 Å². The molecule has 22 heavy (non-hydrogen) atoms. The maximum Gasteiger partial charge on any atom is 0.260 e. The lowest BCUT2D eigenvalue weighted by atomic mass is 9.86. The molecule has 2 atom stereocenters. The van der Waals surface area contributed by atoms with Crippen LogP contribution in [-0.2, 0) is 9.09 Å². The van der Waals surface area contributed by atoms with Gasteiger partial charge >= 0.3 is 0 Å². The highest BCUT2D eigenvalue weighted by Gasteiger charge is 2.59. The van der Waals surface area contributed by atoms with E-state index in [9.17, 15) is 4.57 Å². The van der Waals surface area contributed by atoms with Gasteiger partial charge < -0.3 is 0 Å². The Kier molecular flexibility index (Phi) is 4.68. The van der Waals surface area contributed by atoms with Gasteiger partial charge in [0.05, 0.1) is 0 Å². The van der Waals surface area contributed by atoms with Gasteiger partial charge in [-0.1, -0.05) is 75.7 Å². The van der Waals surface area contributed by atoms with Crippen LogP contribution in [0.3, 0.4) is 0 Å². The summed E-state index contributed by atoms with van der Waals surface area (Å²) in [6.07, 6.45) is 0. The third kappa shape index (κ3) is 2.81. The largest absolute Gasteiger partial charge is 0.298 e. The first-order chi connectivity index (χ1) is 9.84. The summed E-state index contributed by atoms with van der Waals surface area (Å²) in [5.74, 6) is 0. The Balaban J connectivity index is 2.76. The Morgan fingerprint density at radius 1 is 1.05 bits per heavy atom. The summed E-state index contributed by atoms with van der Waals surface area (Å²) in [7, 11) is -3.14. The van der Waals surface area contributed by atoms with E-state index in [-0.39, 0.29) is 10.8 Å². The van der Waals surface area contributed by atoms with E-state index in [0.717, 1.165) is 15.1 Å². The SMILES string of the molecule is CC(C)(C)C1=C(Br)[C@@](Br)(C(C)(C)C)O[P@]1(=O)c1ccccc1. The van der Waals surface area contributed by atoms with Gasteiger partial charge in [-0.25, -0.2) is 0 Å². The van der Waals surface area contributed by atoms with Gasteiger partial charge in [-0.05, 0) is 33.5 Å². The van der Waals surface area contributed by atoms with Gasteiger partial charge in [0.15, 0.2) is 4.51 Å². The highest BCUT2D eigenvalue weighted by atomic mass is 79.9. The molecule has 0 amide bonds. The molecule has 0 unspecified atom stereocenters. The smallest absolute Gasteiger partial charge is 0.260 e. The molecule has 1 aliphatic rings. The van der Waals surface area contributed by atoms with E-state index in [1.807, 2.05) is 30.3 Å². The van der Waals surface area contributed by atoms with E-state index in [2.05, 4.69) is 73.4 Å². The van der Waals surface area contributed by atoms with Crippen LogP contribution in [0.15, 0.2) is 40.1 Å². The molecule has 0 radical (unpaired) electrons. The Labute approximate surface area is 150 Å². The molecule has 0 bridgehead atoms. The number of hydrogen-bond acceptors (Lipinski definition) is 2. The first kappa shape index (κ1) is 18.4. The van der Waals surface area contributed by atoms with Crippen LogP contribution in [-0.4, -0.2) is 4.51 Å². The van der Waals surface area contributed by atoms with E-state index in [0.29, 0.717) is 0 Å². The highest BCUT2D eigenvalue weighted by molar-refractivity contribution is 9.14. The quantitative estimate of drug-likeness (QED) is 0.365. The molecule has 0 saturated carbocycles. The fourth-order valence-corrected chi connectivity index (χ4v) is 8.68. The molecule has 1 aliphatic heterocycles. The fourth-order valence-electron chi connectivity index (χ4n) is 2.59. The molecule has 0 aliphatic carbocycles. The normalized spacial score (nSPS) is 30.0. The van der Waals surface area contributed by atoms with Gasteiger partial charge in [0, 0.05) is 20.5 Å². The monoisotopic (exact) mass is 448 g/mol. The molecule has 0 saturated heterocycles. The van der Waals surface area contributed by atoms with Gasteiger partial charge in [0.25, 0.3) is 7.37 Å². The number of hydrogen-bond donors (Lipinski definition) is 0. The highest BCUT2D eigenvalue weighted by Crippen LogP contribution is 2.74. The Morgan fingerprint density at radius 3 is 1.95 bits per heavy atom. The van der Waals surface area contributed by atoms with Crippen LogP contribution >= 0.6 is 39.2 Å². The lowest BCUT2D eigenvalue weighted by Crippen LogP contribution is -2.37. The molecule has 0 aromatic heterocycles. The van der Waals surface area contributed by atoms with Crippen LogP contribution in [0.4, 0.5) is 0 Å². The minimum Gasteiger partial charge on any atom is -0.298 e. The molecular weight excluding hydrogens is 427 g/mol. The molecule has 0 N–H and O–H groups in total. The second-order valence-electron chi connectivity index (χ2n) is 7.74. The molecular formula is C17H23Br2O2P. The maximum atomic E-state index is 13.9. The zero-order chi connectivity index (χ0) is 17.0. The zero-order valence-electron chi connectivity index (χ0n) is 13.9. The summed E-state index contributed by atoms with van der Waals surface area (Å²) in [4.78, 5) is 0. The minimum absolute atomic E-state index is 0.261. The van der Waals surface area contributed by atoms with Crippen molar-refractivity contribution in [2.45, 2.75) is 46.1 Å². The van der Waals surface area contributed by atoms with Crippen LogP contribution < -0.4 is 5.30 Å². The summed E-state index contributed by atoms with van der Waals surface area (Å²) in [6.45, 7) is 12.4. The fraction of sp³-hybridized carbons (Fsp3) is 0.529. The third-order valence-corrected chi connectivity index (χ3v) is 10.6. The van der Waals surface area contributed by atoms with E-state index in [1.165, 1.54) is 0 Å². The molecule has 122 valence electrons. The first-order valence-corrected chi connectivity index (χ1v) is 10.5. The Bertz CT molecular complexity index is 653. The molecule has 2 rings (SSSR count). The summed E-state index contributed by atoms with van der Waals surface area (Å²) in [5, 5.41) is 1.58. The lowest BCUT2D eigenvalue weighted by Gasteiger charge is -2.36. The first-order valence-electron chi connectivity index (χ1n) is 7.31. The average Bonchev–Trinajstić information content (AvgIpc) is 2.59.